The Morgan fingerprint density at radius 1 is 1.05 bits per heavy atom. The van der Waals surface area contributed by atoms with E-state index in [1.54, 1.807) is 6.33 Å². The zero-order chi connectivity index (χ0) is 13.3. The summed E-state index contributed by atoms with van der Waals surface area (Å²) in [6.45, 7) is 4.13. The fourth-order valence-corrected chi connectivity index (χ4v) is 2.68. The van der Waals surface area contributed by atoms with Gasteiger partial charge in [0.15, 0.2) is 0 Å². The van der Waals surface area contributed by atoms with Crippen LogP contribution < -0.4 is 10.6 Å². The number of nitrogens with one attached hydrogen (secondary N) is 2. The molecule has 1 saturated carbocycles. The standard InChI is InChI=1S/C15H26N4/c1-2-9-16-14-11-15(19-12-18-14)17-10-8-13-6-4-3-5-7-13/h11-13H,2-10H2,1H3,(H2,16,17,18,19). The summed E-state index contributed by atoms with van der Waals surface area (Å²) in [6, 6.07) is 2.00. The minimum atomic E-state index is 0.914. The molecular weight excluding hydrogens is 236 g/mol. The molecule has 19 heavy (non-hydrogen) atoms. The van der Waals surface area contributed by atoms with Gasteiger partial charge in [-0.15, -0.1) is 0 Å². The highest BCUT2D eigenvalue weighted by molar-refractivity contribution is 5.46. The fourth-order valence-electron chi connectivity index (χ4n) is 2.68. The highest BCUT2D eigenvalue weighted by Gasteiger charge is 2.12. The highest BCUT2D eigenvalue weighted by atomic mass is 15.1. The summed E-state index contributed by atoms with van der Waals surface area (Å²) in [7, 11) is 0. The smallest absolute Gasteiger partial charge is 0.131 e. The number of rotatable bonds is 7. The lowest BCUT2D eigenvalue weighted by atomic mass is 9.87. The van der Waals surface area contributed by atoms with Crippen LogP contribution in [0.15, 0.2) is 12.4 Å². The highest BCUT2D eigenvalue weighted by Crippen LogP contribution is 2.26. The molecule has 0 bridgehead atoms. The second-order valence-corrected chi connectivity index (χ2v) is 5.43. The van der Waals surface area contributed by atoms with Crippen LogP contribution in [0.1, 0.15) is 51.9 Å². The molecule has 4 nitrogen and oxygen atoms in total. The van der Waals surface area contributed by atoms with Crippen LogP contribution in [-0.2, 0) is 0 Å². The van der Waals surface area contributed by atoms with Gasteiger partial charge in [0.25, 0.3) is 0 Å². The predicted molar refractivity (Wildman–Crippen MR) is 80.5 cm³/mol. The topological polar surface area (TPSA) is 49.8 Å². The second-order valence-electron chi connectivity index (χ2n) is 5.43. The Balaban J connectivity index is 1.72. The second kappa shape index (κ2) is 7.97. The van der Waals surface area contributed by atoms with Crippen LogP contribution in [0.4, 0.5) is 11.6 Å². The molecule has 0 aliphatic heterocycles. The number of hydrogen-bond acceptors (Lipinski definition) is 4. The SMILES string of the molecule is CCCNc1cc(NCCC2CCCCC2)ncn1. The Kier molecular flexibility index (Phi) is 5.92. The summed E-state index contributed by atoms with van der Waals surface area (Å²) in [5.74, 6) is 2.77. The fraction of sp³-hybridized carbons (Fsp3) is 0.733. The molecule has 1 heterocycles. The number of aromatic nitrogens is 2. The predicted octanol–water partition coefficient (Wildman–Crippen LogP) is 3.68. The molecule has 1 aliphatic carbocycles. The van der Waals surface area contributed by atoms with E-state index in [4.69, 9.17) is 0 Å². The van der Waals surface area contributed by atoms with Crippen molar-refractivity contribution >= 4 is 11.6 Å². The number of nitrogens with zero attached hydrogens (tertiary/aromatic N) is 2. The van der Waals surface area contributed by atoms with E-state index < -0.39 is 0 Å². The van der Waals surface area contributed by atoms with Gasteiger partial charge in [-0.1, -0.05) is 39.0 Å². The van der Waals surface area contributed by atoms with Crippen molar-refractivity contribution in [1.82, 2.24) is 9.97 Å². The van der Waals surface area contributed by atoms with Crippen molar-refractivity contribution in [3.05, 3.63) is 12.4 Å². The van der Waals surface area contributed by atoms with Gasteiger partial charge in [-0.05, 0) is 18.8 Å². The largest absolute Gasteiger partial charge is 0.370 e. The third-order valence-corrected chi connectivity index (χ3v) is 3.81. The van der Waals surface area contributed by atoms with E-state index in [1.165, 1.54) is 38.5 Å². The van der Waals surface area contributed by atoms with Crippen molar-refractivity contribution in [2.45, 2.75) is 51.9 Å². The maximum atomic E-state index is 4.27. The van der Waals surface area contributed by atoms with Gasteiger partial charge in [0.2, 0.25) is 0 Å². The summed E-state index contributed by atoms with van der Waals surface area (Å²) >= 11 is 0. The van der Waals surface area contributed by atoms with Crippen molar-refractivity contribution < 1.29 is 0 Å². The molecule has 0 saturated heterocycles. The molecule has 0 atom stereocenters. The molecule has 0 amide bonds. The lowest BCUT2D eigenvalue weighted by Crippen LogP contribution is -2.13. The maximum Gasteiger partial charge on any atom is 0.131 e. The molecule has 2 N–H and O–H groups in total. The summed E-state index contributed by atoms with van der Waals surface area (Å²) < 4.78 is 0. The van der Waals surface area contributed by atoms with Crippen molar-refractivity contribution in [2.75, 3.05) is 23.7 Å². The van der Waals surface area contributed by atoms with Crippen LogP contribution in [-0.4, -0.2) is 23.1 Å². The van der Waals surface area contributed by atoms with Crippen molar-refractivity contribution in [1.29, 1.82) is 0 Å². The van der Waals surface area contributed by atoms with E-state index in [-0.39, 0.29) is 0 Å². The number of anilines is 2. The van der Waals surface area contributed by atoms with Crippen molar-refractivity contribution in [3.63, 3.8) is 0 Å². The van der Waals surface area contributed by atoms with Crippen molar-refractivity contribution in [3.8, 4) is 0 Å². The molecule has 0 aromatic carbocycles. The zero-order valence-corrected chi connectivity index (χ0v) is 12.0. The third-order valence-electron chi connectivity index (χ3n) is 3.81. The molecule has 0 unspecified atom stereocenters. The summed E-state index contributed by atoms with van der Waals surface area (Å²) in [5, 5.41) is 6.70. The molecule has 1 fully saturated rings. The molecule has 2 rings (SSSR count). The van der Waals surface area contributed by atoms with Crippen LogP contribution in [0.3, 0.4) is 0 Å². The minimum absolute atomic E-state index is 0.914. The van der Waals surface area contributed by atoms with E-state index in [0.29, 0.717) is 0 Å². The first-order chi connectivity index (χ1) is 9.38. The van der Waals surface area contributed by atoms with Crippen LogP contribution in [0.5, 0.6) is 0 Å². The molecule has 106 valence electrons. The average Bonchev–Trinajstić information content (AvgIpc) is 2.47. The lowest BCUT2D eigenvalue weighted by molar-refractivity contribution is 0.345. The first-order valence-electron chi connectivity index (χ1n) is 7.68. The Bertz CT molecular complexity index is 361. The molecule has 4 heteroatoms. The van der Waals surface area contributed by atoms with Crippen LogP contribution >= 0.6 is 0 Å². The van der Waals surface area contributed by atoms with Gasteiger partial charge in [0, 0.05) is 19.2 Å². The molecule has 1 aromatic rings. The van der Waals surface area contributed by atoms with Gasteiger partial charge in [-0.2, -0.15) is 0 Å². The first kappa shape index (κ1) is 14.1. The van der Waals surface area contributed by atoms with Crippen LogP contribution in [0.25, 0.3) is 0 Å². The molecular formula is C15H26N4. The monoisotopic (exact) mass is 262 g/mol. The molecule has 1 aromatic heterocycles. The molecule has 0 radical (unpaired) electrons. The Hall–Kier alpha value is -1.32. The summed E-state index contributed by atoms with van der Waals surface area (Å²) in [5.41, 5.74) is 0. The van der Waals surface area contributed by atoms with E-state index in [2.05, 4.69) is 27.5 Å². The van der Waals surface area contributed by atoms with E-state index in [9.17, 15) is 0 Å². The quantitative estimate of drug-likeness (QED) is 0.787. The van der Waals surface area contributed by atoms with Crippen molar-refractivity contribution in [2.24, 2.45) is 5.92 Å². The normalized spacial score (nSPS) is 16.3. The van der Waals surface area contributed by atoms with Gasteiger partial charge in [0.1, 0.15) is 18.0 Å². The minimum Gasteiger partial charge on any atom is -0.370 e. The van der Waals surface area contributed by atoms with E-state index >= 15 is 0 Å². The molecule has 0 spiro atoms. The van der Waals surface area contributed by atoms with Gasteiger partial charge in [0.05, 0.1) is 0 Å². The Morgan fingerprint density at radius 3 is 2.42 bits per heavy atom. The molecule has 1 aliphatic rings. The maximum absolute atomic E-state index is 4.27. The summed E-state index contributed by atoms with van der Waals surface area (Å²) in [6.07, 6.45) is 11.1. The van der Waals surface area contributed by atoms with E-state index in [0.717, 1.165) is 37.1 Å². The Morgan fingerprint density at radius 2 is 1.74 bits per heavy atom. The van der Waals surface area contributed by atoms with Crippen LogP contribution in [0, 0.1) is 5.92 Å². The first-order valence-corrected chi connectivity index (χ1v) is 7.68. The lowest BCUT2D eigenvalue weighted by Gasteiger charge is -2.21. The van der Waals surface area contributed by atoms with E-state index in [1.807, 2.05) is 6.07 Å². The van der Waals surface area contributed by atoms with Crippen LogP contribution in [0.2, 0.25) is 0 Å². The zero-order valence-electron chi connectivity index (χ0n) is 12.0. The number of hydrogen-bond donors (Lipinski definition) is 2. The average molecular weight is 262 g/mol. The van der Waals surface area contributed by atoms with Gasteiger partial charge in [-0.3, -0.25) is 0 Å². The Labute approximate surface area is 116 Å². The van der Waals surface area contributed by atoms with Gasteiger partial charge < -0.3 is 10.6 Å². The summed E-state index contributed by atoms with van der Waals surface area (Å²) in [4.78, 5) is 8.48. The van der Waals surface area contributed by atoms with Gasteiger partial charge >= 0.3 is 0 Å². The third kappa shape index (κ3) is 5.05. The van der Waals surface area contributed by atoms with Gasteiger partial charge in [-0.25, -0.2) is 9.97 Å².